The Morgan fingerprint density at radius 1 is 0.500 bits per heavy atom. The maximum Gasteiger partial charge on any atom is 0.159 e. The van der Waals surface area contributed by atoms with E-state index in [0.717, 1.165) is 90.0 Å². The first-order valence-electron chi connectivity index (χ1n) is 25.3. The van der Waals surface area contributed by atoms with E-state index in [9.17, 15) is 0 Å². The monoisotopic (exact) mass is 936 g/mol. The lowest BCUT2D eigenvalue weighted by Gasteiger charge is -2.31. The molecule has 0 radical (unpaired) electrons. The molecule has 4 heteroatoms. The highest BCUT2D eigenvalue weighted by atomic mass is 16.3. The molecule has 0 bridgehead atoms. The molecular formula is C68H60N2O2. The number of fused-ring (bicyclic) bond motifs is 9. The first-order valence-corrected chi connectivity index (χ1v) is 25.3. The van der Waals surface area contributed by atoms with Gasteiger partial charge in [0.1, 0.15) is 11.2 Å². The van der Waals surface area contributed by atoms with Crippen LogP contribution in [0.4, 0.5) is 28.4 Å². The molecular weight excluding hydrogens is 877 g/mol. The average molecular weight is 937 g/mol. The molecule has 0 saturated carbocycles. The minimum Gasteiger partial charge on any atom is -0.454 e. The van der Waals surface area contributed by atoms with Gasteiger partial charge in [0.15, 0.2) is 11.2 Å². The molecule has 2 aliphatic carbocycles. The SMILES string of the molecule is C=C1/C=C\C=C/CC2=C(/C=C\1N(c1ccccc1)c1cccc3c1oc1c(C(C)(C)C)cccc13)C(C)(C)c1cc3cc(N(c4ccccc4)c4cccc5c4oc4c(C(C)(C)C)cccc45)ccc3cc12. The van der Waals surface area contributed by atoms with Gasteiger partial charge in [0.05, 0.1) is 17.1 Å². The van der Waals surface area contributed by atoms with Crippen molar-refractivity contribution in [3.8, 4) is 0 Å². The normalized spacial score (nSPS) is 16.6. The van der Waals surface area contributed by atoms with Crippen LogP contribution in [0.1, 0.15) is 84.1 Å². The highest BCUT2D eigenvalue weighted by Gasteiger charge is 2.38. The molecule has 354 valence electrons. The van der Waals surface area contributed by atoms with E-state index in [0.29, 0.717) is 0 Å². The van der Waals surface area contributed by atoms with E-state index in [-0.39, 0.29) is 16.2 Å². The molecule has 2 aliphatic rings. The van der Waals surface area contributed by atoms with Crippen molar-refractivity contribution in [2.24, 2.45) is 0 Å². The van der Waals surface area contributed by atoms with E-state index >= 15 is 0 Å². The fraction of sp³-hybridized carbons (Fsp3) is 0.176. The Morgan fingerprint density at radius 3 is 1.60 bits per heavy atom. The van der Waals surface area contributed by atoms with Crippen LogP contribution in [0.3, 0.4) is 0 Å². The predicted octanol–water partition coefficient (Wildman–Crippen LogP) is 19.5. The van der Waals surface area contributed by atoms with Gasteiger partial charge < -0.3 is 18.6 Å². The second-order valence-corrected chi connectivity index (χ2v) is 22.2. The number of allylic oxidation sites excluding steroid dienone is 7. The van der Waals surface area contributed by atoms with Crippen molar-refractivity contribution in [3.63, 3.8) is 0 Å². The Balaban J connectivity index is 1.02. The van der Waals surface area contributed by atoms with Crippen molar-refractivity contribution in [2.75, 3.05) is 9.80 Å². The minimum atomic E-state index is -0.365. The van der Waals surface area contributed by atoms with Gasteiger partial charge >= 0.3 is 0 Å². The van der Waals surface area contributed by atoms with Crippen LogP contribution in [0.2, 0.25) is 0 Å². The van der Waals surface area contributed by atoms with Gasteiger partial charge in [0.2, 0.25) is 0 Å². The molecule has 0 saturated heterocycles. The molecule has 4 nitrogen and oxygen atoms in total. The van der Waals surface area contributed by atoms with Crippen LogP contribution in [0.15, 0.2) is 226 Å². The summed E-state index contributed by atoms with van der Waals surface area (Å²) in [5, 5.41) is 6.83. The van der Waals surface area contributed by atoms with Crippen molar-refractivity contribution in [3.05, 3.63) is 240 Å². The fourth-order valence-corrected chi connectivity index (χ4v) is 11.4. The smallest absolute Gasteiger partial charge is 0.159 e. The van der Waals surface area contributed by atoms with E-state index in [1.165, 1.54) is 44.2 Å². The molecule has 0 N–H and O–H groups in total. The van der Waals surface area contributed by atoms with Crippen LogP contribution >= 0.6 is 0 Å². The van der Waals surface area contributed by atoms with Crippen LogP contribution in [-0.4, -0.2) is 0 Å². The lowest BCUT2D eigenvalue weighted by atomic mass is 9.79. The predicted molar refractivity (Wildman–Crippen MR) is 306 cm³/mol. The molecule has 2 aromatic heterocycles. The Kier molecular flexibility index (Phi) is 10.5. The number of hydrogen-bond acceptors (Lipinski definition) is 4. The van der Waals surface area contributed by atoms with Gasteiger partial charge in [-0.1, -0.05) is 189 Å². The highest BCUT2D eigenvalue weighted by molar-refractivity contribution is 6.12. The zero-order chi connectivity index (χ0) is 49.7. The molecule has 8 aromatic carbocycles. The minimum absolute atomic E-state index is 0.0789. The van der Waals surface area contributed by atoms with E-state index in [4.69, 9.17) is 15.4 Å². The summed E-state index contributed by atoms with van der Waals surface area (Å²) >= 11 is 0. The molecule has 0 unspecified atom stereocenters. The molecule has 0 amide bonds. The third kappa shape index (κ3) is 7.34. The van der Waals surface area contributed by atoms with Crippen LogP contribution in [0, 0.1) is 0 Å². The molecule has 0 atom stereocenters. The van der Waals surface area contributed by atoms with Crippen molar-refractivity contribution in [2.45, 2.75) is 78.1 Å². The first-order chi connectivity index (χ1) is 34.7. The third-order valence-corrected chi connectivity index (χ3v) is 15.1. The number of rotatable bonds is 6. The van der Waals surface area contributed by atoms with Gasteiger partial charge in [-0.2, -0.15) is 0 Å². The fourth-order valence-electron chi connectivity index (χ4n) is 11.4. The molecule has 0 aliphatic heterocycles. The number of furan rings is 2. The summed E-state index contributed by atoms with van der Waals surface area (Å²) in [7, 11) is 0. The Labute approximate surface area is 423 Å². The van der Waals surface area contributed by atoms with Crippen molar-refractivity contribution in [1.29, 1.82) is 0 Å². The topological polar surface area (TPSA) is 32.8 Å². The number of benzene rings is 8. The zero-order valence-electron chi connectivity index (χ0n) is 42.6. The largest absolute Gasteiger partial charge is 0.454 e. The maximum atomic E-state index is 7.08. The second-order valence-electron chi connectivity index (χ2n) is 22.2. The lowest BCUT2D eigenvalue weighted by Crippen LogP contribution is -2.21. The van der Waals surface area contributed by atoms with E-state index < -0.39 is 0 Å². The Hall–Kier alpha value is -8.08. The molecule has 0 spiro atoms. The Morgan fingerprint density at radius 2 is 1.03 bits per heavy atom. The van der Waals surface area contributed by atoms with Crippen LogP contribution < -0.4 is 9.80 Å². The van der Waals surface area contributed by atoms with Crippen molar-refractivity contribution in [1.82, 2.24) is 0 Å². The molecule has 0 fully saturated rings. The first kappa shape index (κ1) is 45.1. The van der Waals surface area contributed by atoms with Crippen LogP contribution in [0.5, 0.6) is 0 Å². The quantitative estimate of drug-likeness (QED) is 0.166. The summed E-state index contributed by atoms with van der Waals surface area (Å²) in [6.07, 6.45) is 11.9. The summed E-state index contributed by atoms with van der Waals surface area (Å²) < 4.78 is 14.1. The van der Waals surface area contributed by atoms with E-state index in [1.54, 1.807) is 0 Å². The van der Waals surface area contributed by atoms with E-state index in [1.807, 2.05) is 0 Å². The van der Waals surface area contributed by atoms with Gasteiger partial charge in [0, 0.05) is 55.1 Å². The number of anilines is 5. The number of nitrogens with zero attached hydrogens (tertiary/aromatic N) is 2. The van der Waals surface area contributed by atoms with Gasteiger partial charge in [-0.25, -0.2) is 0 Å². The molecule has 12 rings (SSSR count). The second kappa shape index (κ2) is 16.8. The van der Waals surface area contributed by atoms with Gasteiger partial charge in [-0.05, 0) is 123 Å². The summed E-state index contributed by atoms with van der Waals surface area (Å²) in [6.45, 7) is 23.1. The van der Waals surface area contributed by atoms with E-state index in [2.05, 4.69) is 259 Å². The van der Waals surface area contributed by atoms with Gasteiger partial charge in [0.25, 0.3) is 0 Å². The summed E-state index contributed by atoms with van der Waals surface area (Å²) in [5.74, 6) is 0. The van der Waals surface area contributed by atoms with Gasteiger partial charge in [-0.3, -0.25) is 0 Å². The molecule has 72 heavy (non-hydrogen) atoms. The summed E-state index contributed by atoms with van der Waals surface area (Å²) in [4.78, 5) is 4.71. The Bertz CT molecular complexity index is 3950. The number of hydrogen-bond donors (Lipinski definition) is 0. The van der Waals surface area contributed by atoms with Crippen LogP contribution in [0.25, 0.3) is 60.2 Å². The highest BCUT2D eigenvalue weighted by Crippen LogP contribution is 2.53. The van der Waals surface area contributed by atoms with Gasteiger partial charge in [-0.15, -0.1) is 0 Å². The maximum absolute atomic E-state index is 7.08. The third-order valence-electron chi connectivity index (χ3n) is 15.1. The number of para-hydroxylation sites is 6. The molecule has 2 heterocycles. The van der Waals surface area contributed by atoms with Crippen molar-refractivity contribution >= 4 is 88.7 Å². The summed E-state index contributed by atoms with van der Waals surface area (Å²) in [6, 6.07) is 59.3. The lowest BCUT2D eigenvalue weighted by molar-refractivity contribution is 0.572. The molecule has 10 aromatic rings. The summed E-state index contributed by atoms with van der Waals surface area (Å²) in [5.41, 5.74) is 17.7. The zero-order valence-corrected chi connectivity index (χ0v) is 42.6. The average Bonchev–Trinajstić information content (AvgIpc) is 4.01. The van der Waals surface area contributed by atoms with Crippen molar-refractivity contribution < 1.29 is 8.83 Å². The standard InChI is InChI=1S/C68H60N2O2/c1-43-23-13-10-18-28-49-54-40-44-37-38-48(69(46-24-14-11-15-25-46)59-35-21-31-52-50-29-19-33-55(66(2,3)4)62(50)71-64(52)59)39-45(44)41-57(54)68(8,9)58(49)42-61(43)70(47-26-16-12-17-27-47)60-36-22-32-53-51-30-20-34-56(67(5,6)7)63(51)72-65(53)60/h10-27,29-42H,1,28H2,2-9H3/b18-10-,23-13-,61-42+. The van der Waals surface area contributed by atoms with Crippen LogP contribution in [-0.2, 0) is 16.2 Å².